The summed E-state index contributed by atoms with van der Waals surface area (Å²) in [5.74, 6) is -4.59. The fourth-order valence-electron chi connectivity index (χ4n) is 0.799. The molecule has 0 aromatic carbocycles. The third-order valence-corrected chi connectivity index (χ3v) is 1.37. The Morgan fingerprint density at radius 2 is 1.57 bits per heavy atom. The van der Waals surface area contributed by atoms with E-state index in [0.717, 1.165) is 0 Å². The molecule has 0 rings (SSSR count). The van der Waals surface area contributed by atoms with Gasteiger partial charge in [0.25, 0.3) is 0 Å². The van der Waals surface area contributed by atoms with Gasteiger partial charge in [0.2, 0.25) is 5.60 Å². The molecule has 0 fully saturated rings. The van der Waals surface area contributed by atoms with E-state index in [9.17, 15) is 14.7 Å². The van der Waals surface area contributed by atoms with Gasteiger partial charge >= 0.3 is 17.9 Å². The topological polar surface area (TPSA) is 146 Å². The van der Waals surface area contributed by atoms with Crippen LogP contribution in [-0.4, -0.2) is 48.9 Å². The van der Waals surface area contributed by atoms with Crippen LogP contribution in [0.4, 0.5) is 0 Å². The van der Waals surface area contributed by atoms with Crippen molar-refractivity contribution in [3.63, 3.8) is 0 Å². The molecule has 0 aliphatic rings. The minimum absolute atomic E-state index is 1.11. The summed E-state index contributed by atoms with van der Waals surface area (Å²) in [5.41, 5.74) is -2.65. The van der Waals surface area contributed by atoms with Crippen LogP contribution in [-0.2, 0) is 14.5 Å². The number of hydrogen-bond donors (Lipinski definition) is 4. The maximum Gasteiger partial charge on any atom is 0.561 e. The zero-order valence-corrected chi connectivity index (χ0v) is 6.88. The maximum absolute atomic E-state index is 10.2. The summed E-state index contributed by atoms with van der Waals surface area (Å²) in [4.78, 5) is 32.4. The van der Waals surface area contributed by atoms with E-state index in [-0.39, 0.29) is 0 Å². The molecule has 0 saturated heterocycles. The van der Waals surface area contributed by atoms with E-state index in [1.54, 1.807) is 0 Å². The Kier molecular flexibility index (Phi) is 3.99. The number of carbonyl (C=O) groups is 2. The van der Waals surface area contributed by atoms with Gasteiger partial charge in [-0.05, 0) is 0 Å². The zero-order chi connectivity index (χ0) is 11.4. The number of carboxylic acid groups (broad SMARTS) is 2. The van der Waals surface area contributed by atoms with Gasteiger partial charge in [-0.25, -0.2) is 0 Å². The van der Waals surface area contributed by atoms with E-state index in [4.69, 9.17) is 20.3 Å². The highest BCUT2D eigenvalue weighted by molar-refractivity contribution is 5.89. The van der Waals surface area contributed by atoms with Crippen molar-refractivity contribution in [1.29, 1.82) is 0 Å². The van der Waals surface area contributed by atoms with Crippen molar-refractivity contribution in [2.75, 3.05) is 0 Å². The third-order valence-electron chi connectivity index (χ3n) is 1.37. The van der Waals surface area contributed by atoms with Gasteiger partial charge in [0.05, 0.1) is 12.8 Å². The van der Waals surface area contributed by atoms with Crippen LogP contribution in [0.1, 0.15) is 12.8 Å². The number of hydrogen-bond acceptors (Lipinski definition) is 5. The fourth-order valence-corrected chi connectivity index (χ4v) is 0.799. The Morgan fingerprint density at radius 3 is 1.79 bits per heavy atom. The van der Waals surface area contributed by atoms with Crippen LogP contribution in [0.2, 0.25) is 0 Å². The Hall–Kier alpha value is -1.67. The maximum atomic E-state index is 10.2. The lowest BCUT2D eigenvalue weighted by Crippen LogP contribution is -2.44. The van der Waals surface area contributed by atoms with Gasteiger partial charge in [-0.3, -0.25) is 9.59 Å². The zero-order valence-electron chi connectivity index (χ0n) is 6.88. The highest BCUT2D eigenvalue weighted by Crippen LogP contribution is 2.17. The van der Waals surface area contributed by atoms with Crippen molar-refractivity contribution in [1.82, 2.24) is 0 Å². The van der Waals surface area contributed by atoms with Crippen molar-refractivity contribution < 1.29 is 39.8 Å². The molecule has 0 heterocycles. The fraction of sp³-hybridized carbons (Fsp3) is 0.500. The quantitative estimate of drug-likeness (QED) is 0.249. The van der Waals surface area contributed by atoms with Crippen LogP contribution < -0.4 is 0 Å². The number of rotatable bonds is 5. The molecule has 8 nitrogen and oxygen atoms in total. The molecule has 14 heavy (non-hydrogen) atoms. The van der Waals surface area contributed by atoms with Crippen molar-refractivity contribution in [3.05, 3.63) is 0 Å². The molecule has 0 bridgehead atoms. The minimum Gasteiger partial charge on any atom is -0.481 e. The minimum atomic E-state index is -2.65. The van der Waals surface area contributed by atoms with Crippen molar-refractivity contribution in [2.45, 2.75) is 18.4 Å². The summed E-state index contributed by atoms with van der Waals surface area (Å²) in [6.45, 7) is 0. The molecule has 8 heteroatoms. The van der Waals surface area contributed by atoms with E-state index in [1.165, 1.54) is 0 Å². The van der Waals surface area contributed by atoms with E-state index in [2.05, 4.69) is 4.89 Å². The second-order valence-corrected chi connectivity index (χ2v) is 2.57. The first-order valence-corrected chi connectivity index (χ1v) is 3.35. The van der Waals surface area contributed by atoms with Gasteiger partial charge in [-0.2, -0.15) is 0 Å². The van der Waals surface area contributed by atoms with E-state index in [1.807, 2.05) is 0 Å². The van der Waals surface area contributed by atoms with Crippen molar-refractivity contribution in [2.24, 2.45) is 0 Å². The van der Waals surface area contributed by atoms with Gasteiger partial charge in [0, 0.05) is 0 Å². The van der Waals surface area contributed by atoms with Crippen LogP contribution in [0.15, 0.2) is 0 Å². The first kappa shape index (κ1) is 12.3. The summed E-state index contributed by atoms with van der Waals surface area (Å²) in [7, 11) is 0. The van der Waals surface area contributed by atoms with Gasteiger partial charge in [0.15, 0.2) is 0 Å². The van der Waals surface area contributed by atoms with Crippen LogP contribution in [0.3, 0.4) is 0 Å². The molecular weight excluding hydrogens is 200 g/mol. The molecule has 0 amide bonds. The number of carboxylic acids is 2. The van der Waals surface area contributed by atoms with Crippen LogP contribution in [0, 0.1) is 0 Å². The molecule has 0 aliphatic carbocycles. The summed E-state index contributed by atoms with van der Waals surface area (Å²) in [6, 6.07) is 0. The molecule has 5 N–H and O–H groups in total. The Morgan fingerprint density at radius 1 is 1.21 bits per heavy atom. The molecule has 0 aromatic rings. The van der Waals surface area contributed by atoms with Crippen molar-refractivity contribution >= 4 is 17.9 Å². The normalized spacial score (nSPS) is 10.7. The first-order valence-electron chi connectivity index (χ1n) is 3.35. The summed E-state index contributed by atoms with van der Waals surface area (Å²) < 4.78 is 0. The van der Waals surface area contributed by atoms with Crippen LogP contribution in [0.25, 0.3) is 0 Å². The van der Waals surface area contributed by atoms with E-state index < -0.39 is 36.4 Å². The van der Waals surface area contributed by atoms with Gasteiger partial charge < -0.3 is 20.1 Å². The lowest BCUT2D eigenvalue weighted by Gasteiger charge is -2.14. The molecule has 0 unspecified atom stereocenters. The average Bonchev–Trinajstić information content (AvgIpc) is 1.99. The van der Waals surface area contributed by atoms with E-state index in [0.29, 0.717) is 0 Å². The second kappa shape index (κ2) is 4.53. The Labute approximate surface area is 77.3 Å². The molecule has 0 saturated carbocycles. The van der Waals surface area contributed by atoms with Gasteiger partial charge in [-0.15, -0.1) is 4.89 Å². The average molecular weight is 209 g/mol. The summed E-state index contributed by atoms with van der Waals surface area (Å²) in [5, 5.41) is 33.8. The molecule has 0 radical (unpaired) electrons. The molecule has 0 aromatic heterocycles. The predicted molar refractivity (Wildman–Crippen MR) is 40.1 cm³/mol. The van der Waals surface area contributed by atoms with Gasteiger partial charge in [0.1, 0.15) is 0 Å². The Bertz CT molecular complexity index is 241. The monoisotopic (exact) mass is 209 g/mol. The molecule has 80 valence electrons. The molecule has 0 spiro atoms. The third kappa shape index (κ3) is 3.37. The molecular formula is C6H9O8+. The largest absolute Gasteiger partial charge is 0.561 e. The highest BCUT2D eigenvalue weighted by Gasteiger charge is 2.49. The number of aliphatic carboxylic acids is 2. The lowest BCUT2D eigenvalue weighted by molar-refractivity contribution is -0.183. The smallest absolute Gasteiger partial charge is 0.481 e. The Balaban J connectivity index is 4.74. The van der Waals surface area contributed by atoms with Crippen molar-refractivity contribution in [3.8, 4) is 0 Å². The summed E-state index contributed by atoms with van der Waals surface area (Å²) >= 11 is 0. The number of carbonyl (C=O) groups excluding carboxylic acids is 1. The lowest BCUT2D eigenvalue weighted by atomic mass is 9.96. The van der Waals surface area contributed by atoms with Crippen LogP contribution >= 0.6 is 0 Å². The summed E-state index contributed by atoms with van der Waals surface area (Å²) in [6.07, 6.45) is -2.21. The first-order chi connectivity index (χ1) is 6.31. The highest BCUT2D eigenvalue weighted by atomic mass is 17.1. The SMILES string of the molecule is O=C(O)CC(O)(CC(=O)O)C(=[OH+])OO. The number of aliphatic hydroxyl groups is 1. The van der Waals surface area contributed by atoms with E-state index >= 15 is 0 Å². The second-order valence-electron chi connectivity index (χ2n) is 2.57. The van der Waals surface area contributed by atoms with Crippen LogP contribution in [0.5, 0.6) is 0 Å². The van der Waals surface area contributed by atoms with Gasteiger partial charge in [-0.1, -0.05) is 5.26 Å². The predicted octanol–water partition coefficient (Wildman–Crippen LogP) is -1.34. The molecule has 0 atom stereocenters. The standard InChI is InChI=1S/C6H8O8/c7-3(8)1-6(12,2-4(9)10)5(11)14-13/h12-13H,1-2H2,(H,7,8)(H,9,10)/p+1. The molecule has 0 aliphatic heterocycles.